The molecule has 1 saturated heterocycles. The predicted molar refractivity (Wildman–Crippen MR) is 46.8 cm³/mol. The van der Waals surface area contributed by atoms with Crippen LogP contribution in [0.5, 0.6) is 0 Å². The van der Waals surface area contributed by atoms with Gasteiger partial charge in [-0.05, 0) is 6.42 Å². The summed E-state index contributed by atoms with van der Waals surface area (Å²) in [7, 11) is 0. The molecule has 0 aromatic rings. The number of rotatable bonds is 3. The van der Waals surface area contributed by atoms with Crippen molar-refractivity contribution in [1.82, 2.24) is 0 Å². The number of hydrogen-bond donors (Lipinski definition) is 0. The third-order valence-corrected chi connectivity index (χ3v) is 2.70. The topological polar surface area (TPSA) is 43.4 Å². The average molecular weight is 268 g/mol. The van der Waals surface area contributed by atoms with Gasteiger partial charge < -0.3 is 21.7 Å². The van der Waals surface area contributed by atoms with Crippen molar-refractivity contribution in [2.45, 2.75) is 19.8 Å². The smallest absolute Gasteiger partial charge is 0.310 e. The summed E-state index contributed by atoms with van der Waals surface area (Å²) < 4.78 is 4.92. The molecule has 13 heavy (non-hydrogen) atoms. The van der Waals surface area contributed by atoms with Crippen LogP contribution in [0, 0.1) is 5.92 Å². The molecule has 1 rings (SSSR count). The number of hydrogen-bond acceptors (Lipinski definition) is 4. The van der Waals surface area contributed by atoms with Crippen molar-refractivity contribution in [2.75, 3.05) is 12.4 Å². The minimum Gasteiger partial charge on any atom is -1.00 e. The molecule has 0 saturated carbocycles. The summed E-state index contributed by atoms with van der Waals surface area (Å²) in [5.41, 5.74) is 0. The van der Waals surface area contributed by atoms with E-state index >= 15 is 0 Å². The van der Waals surface area contributed by atoms with E-state index < -0.39 is 0 Å². The van der Waals surface area contributed by atoms with Crippen molar-refractivity contribution in [3.05, 3.63) is 0 Å². The minimum absolute atomic E-state index is 0. The highest BCUT2D eigenvalue weighted by Crippen LogP contribution is 2.26. The lowest BCUT2D eigenvalue weighted by Gasteiger charge is -2.06. The van der Waals surface area contributed by atoms with E-state index in [4.69, 9.17) is 4.74 Å². The van der Waals surface area contributed by atoms with Crippen LogP contribution in [0.4, 0.5) is 0 Å². The van der Waals surface area contributed by atoms with Crippen molar-refractivity contribution in [2.24, 2.45) is 5.92 Å². The van der Waals surface area contributed by atoms with Crippen LogP contribution in [0.1, 0.15) is 19.8 Å². The highest BCUT2D eigenvalue weighted by molar-refractivity contribution is 8.14. The van der Waals surface area contributed by atoms with Crippen molar-refractivity contribution < 1.29 is 31.3 Å². The Morgan fingerprint density at radius 3 is 2.85 bits per heavy atom. The second-order valence-corrected chi connectivity index (χ2v) is 3.83. The number of thioether (sulfide) groups is 1. The van der Waals surface area contributed by atoms with Gasteiger partial charge in [0.1, 0.15) is 0 Å². The van der Waals surface area contributed by atoms with Gasteiger partial charge in [0.15, 0.2) is 5.12 Å². The van der Waals surface area contributed by atoms with Gasteiger partial charge in [0.05, 0.1) is 12.5 Å². The molecule has 0 bridgehead atoms. The molecule has 1 atom stereocenters. The summed E-state index contributed by atoms with van der Waals surface area (Å²) in [5, 5.41) is 0.105. The van der Waals surface area contributed by atoms with Crippen LogP contribution in [0.25, 0.3) is 0 Å². The van der Waals surface area contributed by atoms with Crippen LogP contribution in [-0.2, 0) is 14.3 Å². The first kappa shape index (κ1) is 13.0. The molecule has 1 fully saturated rings. The Hall–Kier alpha value is -0.0300. The normalized spacial score (nSPS) is 21.0. The molecule has 0 N–H and O–H groups in total. The first-order chi connectivity index (χ1) is 5.74. The molecule has 5 heteroatoms. The van der Waals surface area contributed by atoms with Gasteiger partial charge in [-0.25, -0.2) is 0 Å². The quantitative estimate of drug-likeness (QED) is 0.568. The lowest BCUT2D eigenvalue weighted by atomic mass is 10.1. The summed E-state index contributed by atoms with van der Waals surface area (Å²) in [6.07, 6.45) is 1.19. The van der Waals surface area contributed by atoms with Gasteiger partial charge in [-0.2, -0.15) is 0 Å². The Morgan fingerprint density at radius 1 is 1.69 bits per heavy atom. The van der Waals surface area contributed by atoms with E-state index in [1.165, 1.54) is 11.8 Å². The molecule has 1 unspecified atom stereocenters. The SMILES string of the molecule is CCCOC(=O)C1CSC(=O)C1.[Br-]. The van der Waals surface area contributed by atoms with Crippen LogP contribution < -0.4 is 17.0 Å². The third-order valence-electron chi connectivity index (χ3n) is 1.64. The minimum atomic E-state index is -0.213. The van der Waals surface area contributed by atoms with E-state index in [0.717, 1.165) is 6.42 Å². The van der Waals surface area contributed by atoms with Crippen LogP contribution in [0.3, 0.4) is 0 Å². The highest BCUT2D eigenvalue weighted by Gasteiger charge is 2.29. The second-order valence-electron chi connectivity index (χ2n) is 2.75. The number of carbonyl (C=O) groups excluding carboxylic acids is 2. The Kier molecular flexibility index (Phi) is 6.41. The van der Waals surface area contributed by atoms with Gasteiger partial charge >= 0.3 is 5.97 Å². The number of ether oxygens (including phenoxy) is 1. The number of carbonyl (C=O) groups is 2. The van der Waals surface area contributed by atoms with Gasteiger partial charge in [0.25, 0.3) is 0 Å². The molecule has 3 nitrogen and oxygen atoms in total. The molecule has 0 spiro atoms. The van der Waals surface area contributed by atoms with E-state index in [2.05, 4.69) is 0 Å². The standard InChI is InChI=1S/C8H12O3S.BrH/c1-2-3-11-8(10)6-4-7(9)12-5-6;/h6H,2-5H2,1H3;1H/p-1. The van der Waals surface area contributed by atoms with Crippen molar-refractivity contribution >= 4 is 22.8 Å². The molecule has 1 heterocycles. The van der Waals surface area contributed by atoms with Gasteiger partial charge in [0.2, 0.25) is 0 Å². The maximum Gasteiger partial charge on any atom is 0.310 e. The first-order valence-corrected chi connectivity index (χ1v) is 5.05. The monoisotopic (exact) mass is 267 g/mol. The largest absolute Gasteiger partial charge is 1.00 e. The van der Waals surface area contributed by atoms with Gasteiger partial charge in [-0.3, -0.25) is 9.59 Å². The first-order valence-electron chi connectivity index (χ1n) is 4.06. The van der Waals surface area contributed by atoms with E-state index in [-0.39, 0.29) is 34.0 Å². The number of esters is 1. The fourth-order valence-electron chi connectivity index (χ4n) is 0.984. The number of halogens is 1. The zero-order valence-electron chi connectivity index (χ0n) is 7.42. The fourth-order valence-corrected chi connectivity index (χ4v) is 1.94. The van der Waals surface area contributed by atoms with Crippen LogP contribution in [0.2, 0.25) is 0 Å². The molecule has 0 amide bonds. The molecular weight excluding hydrogens is 256 g/mol. The molecule has 1 aliphatic rings. The summed E-state index contributed by atoms with van der Waals surface area (Å²) in [6.45, 7) is 2.41. The molecule has 0 aliphatic carbocycles. The zero-order chi connectivity index (χ0) is 8.97. The Labute approximate surface area is 92.4 Å². The maximum absolute atomic E-state index is 11.2. The molecule has 0 aromatic carbocycles. The van der Waals surface area contributed by atoms with E-state index in [0.29, 0.717) is 18.8 Å². The second kappa shape index (κ2) is 6.43. The van der Waals surface area contributed by atoms with Crippen LogP contribution in [0.15, 0.2) is 0 Å². The van der Waals surface area contributed by atoms with E-state index in [1.807, 2.05) is 6.92 Å². The lowest BCUT2D eigenvalue weighted by molar-refractivity contribution is -0.148. The van der Waals surface area contributed by atoms with Gasteiger partial charge in [0, 0.05) is 12.2 Å². The van der Waals surface area contributed by atoms with Gasteiger partial charge in [-0.15, -0.1) is 0 Å². The summed E-state index contributed by atoms with van der Waals surface area (Å²) in [5.74, 6) is 0.200. The van der Waals surface area contributed by atoms with Crippen LogP contribution >= 0.6 is 11.8 Å². The molecule has 76 valence electrons. The third kappa shape index (κ3) is 4.13. The fraction of sp³-hybridized carbons (Fsp3) is 0.750. The molecular formula is C8H12BrO3S-. The zero-order valence-corrected chi connectivity index (χ0v) is 9.82. The predicted octanol–water partition coefficient (Wildman–Crippen LogP) is -1.78. The Balaban J connectivity index is 0.00000144. The lowest BCUT2D eigenvalue weighted by Crippen LogP contribution is -3.00. The van der Waals surface area contributed by atoms with Gasteiger partial charge in [-0.1, -0.05) is 18.7 Å². The Bertz CT molecular complexity index is 196. The van der Waals surface area contributed by atoms with E-state index in [9.17, 15) is 9.59 Å². The van der Waals surface area contributed by atoms with Crippen LogP contribution in [-0.4, -0.2) is 23.4 Å². The van der Waals surface area contributed by atoms with Crippen molar-refractivity contribution in [1.29, 1.82) is 0 Å². The van der Waals surface area contributed by atoms with Crippen molar-refractivity contribution in [3.63, 3.8) is 0 Å². The maximum atomic E-state index is 11.2. The van der Waals surface area contributed by atoms with E-state index in [1.54, 1.807) is 0 Å². The van der Waals surface area contributed by atoms with Crippen molar-refractivity contribution in [3.8, 4) is 0 Å². The molecule has 1 aliphatic heterocycles. The molecule has 0 aromatic heterocycles. The highest BCUT2D eigenvalue weighted by atomic mass is 79.9. The Morgan fingerprint density at radius 2 is 2.38 bits per heavy atom. The summed E-state index contributed by atoms with van der Waals surface area (Å²) in [4.78, 5) is 21.9. The average Bonchev–Trinajstić information content (AvgIpc) is 2.47. The summed E-state index contributed by atoms with van der Waals surface area (Å²) >= 11 is 1.23. The molecule has 0 radical (unpaired) electrons. The summed E-state index contributed by atoms with van der Waals surface area (Å²) in [6, 6.07) is 0.